The molecule has 17 heavy (non-hydrogen) atoms. The molecule has 1 fully saturated rings. The molecule has 0 aromatic carbocycles. The molecule has 2 unspecified atom stereocenters. The zero-order chi connectivity index (χ0) is 12.4. The first kappa shape index (κ1) is 12.0. The van der Waals surface area contributed by atoms with Crippen LogP contribution in [0.25, 0.3) is 0 Å². The van der Waals surface area contributed by atoms with Crippen LogP contribution < -0.4 is 5.73 Å². The number of hydrogen-bond donors (Lipinski definition) is 1. The van der Waals surface area contributed by atoms with Crippen molar-refractivity contribution in [1.29, 1.82) is 0 Å². The molecule has 0 aliphatic carbocycles. The van der Waals surface area contributed by atoms with Gasteiger partial charge < -0.3 is 10.6 Å². The largest absolute Gasteiger partial charge is 0.330 e. The summed E-state index contributed by atoms with van der Waals surface area (Å²) in [5.74, 6) is -0.0549. The molecular formula is C11H19N5O. The molecule has 1 aliphatic rings. The second-order valence-corrected chi connectivity index (χ2v) is 4.66. The monoisotopic (exact) mass is 237 g/mol. The Hall–Kier alpha value is -1.43. The molecule has 94 valence electrons. The second kappa shape index (κ2) is 4.83. The number of carbonyl (C=O) groups excluding carboxylic acids is 1. The summed E-state index contributed by atoms with van der Waals surface area (Å²) in [4.78, 5) is 14.2. The Morgan fingerprint density at radius 1 is 1.59 bits per heavy atom. The number of nitrogens with two attached hydrogens (primary N) is 1. The lowest BCUT2D eigenvalue weighted by Crippen LogP contribution is -2.51. The van der Waals surface area contributed by atoms with E-state index in [1.807, 2.05) is 4.90 Å². The number of carbonyl (C=O) groups is 1. The SMILES string of the molecule is CC1CCCC(CN)N1C(=O)c1cn(C)nn1. The van der Waals surface area contributed by atoms with Gasteiger partial charge in [-0.05, 0) is 26.2 Å². The third-order valence-electron chi connectivity index (χ3n) is 3.36. The van der Waals surface area contributed by atoms with Crippen LogP contribution in [0.5, 0.6) is 0 Å². The zero-order valence-corrected chi connectivity index (χ0v) is 10.3. The van der Waals surface area contributed by atoms with Crippen LogP contribution in [-0.2, 0) is 7.05 Å². The maximum absolute atomic E-state index is 12.3. The van der Waals surface area contributed by atoms with Gasteiger partial charge in [-0.3, -0.25) is 9.48 Å². The summed E-state index contributed by atoms with van der Waals surface area (Å²) in [7, 11) is 1.75. The predicted molar refractivity (Wildman–Crippen MR) is 63.3 cm³/mol. The van der Waals surface area contributed by atoms with Crippen molar-refractivity contribution in [2.45, 2.75) is 38.3 Å². The van der Waals surface area contributed by atoms with Crippen molar-refractivity contribution in [2.75, 3.05) is 6.54 Å². The number of likely N-dealkylation sites (tertiary alicyclic amines) is 1. The van der Waals surface area contributed by atoms with Gasteiger partial charge in [-0.25, -0.2) is 0 Å². The van der Waals surface area contributed by atoms with Crippen molar-refractivity contribution in [3.05, 3.63) is 11.9 Å². The summed E-state index contributed by atoms with van der Waals surface area (Å²) in [6.45, 7) is 2.58. The maximum atomic E-state index is 12.3. The molecule has 2 rings (SSSR count). The number of piperidine rings is 1. The van der Waals surface area contributed by atoms with Crippen LogP contribution in [0, 0.1) is 0 Å². The summed E-state index contributed by atoms with van der Waals surface area (Å²) < 4.78 is 1.54. The van der Waals surface area contributed by atoms with E-state index >= 15 is 0 Å². The Morgan fingerprint density at radius 3 is 2.94 bits per heavy atom. The van der Waals surface area contributed by atoms with E-state index in [-0.39, 0.29) is 18.0 Å². The fraction of sp³-hybridized carbons (Fsp3) is 0.727. The first-order valence-electron chi connectivity index (χ1n) is 6.02. The van der Waals surface area contributed by atoms with Gasteiger partial charge in [0.1, 0.15) is 0 Å². The Kier molecular flexibility index (Phi) is 3.42. The molecule has 0 spiro atoms. The van der Waals surface area contributed by atoms with E-state index in [1.165, 1.54) is 0 Å². The maximum Gasteiger partial charge on any atom is 0.276 e. The normalized spacial score (nSPS) is 25.0. The van der Waals surface area contributed by atoms with Crippen molar-refractivity contribution in [3.8, 4) is 0 Å². The molecule has 1 aliphatic heterocycles. The summed E-state index contributed by atoms with van der Waals surface area (Å²) in [5.41, 5.74) is 6.14. The van der Waals surface area contributed by atoms with Gasteiger partial charge in [0, 0.05) is 25.7 Å². The number of amides is 1. The molecule has 1 aromatic rings. The zero-order valence-electron chi connectivity index (χ0n) is 10.3. The minimum Gasteiger partial charge on any atom is -0.330 e. The van der Waals surface area contributed by atoms with Crippen LogP contribution in [-0.4, -0.2) is 44.4 Å². The number of nitrogens with zero attached hydrogens (tertiary/aromatic N) is 4. The van der Waals surface area contributed by atoms with Crippen LogP contribution in [0.15, 0.2) is 6.20 Å². The summed E-state index contributed by atoms with van der Waals surface area (Å²) in [6, 6.07) is 0.361. The highest BCUT2D eigenvalue weighted by Crippen LogP contribution is 2.23. The highest BCUT2D eigenvalue weighted by molar-refractivity contribution is 5.92. The van der Waals surface area contributed by atoms with E-state index < -0.39 is 0 Å². The summed E-state index contributed by atoms with van der Waals surface area (Å²) in [6.07, 6.45) is 4.79. The smallest absolute Gasteiger partial charge is 0.276 e. The van der Waals surface area contributed by atoms with Crippen molar-refractivity contribution in [1.82, 2.24) is 19.9 Å². The Morgan fingerprint density at radius 2 is 2.35 bits per heavy atom. The Bertz CT molecular complexity index is 402. The number of rotatable bonds is 2. The first-order chi connectivity index (χ1) is 8.13. The van der Waals surface area contributed by atoms with Gasteiger partial charge in [-0.2, -0.15) is 0 Å². The van der Waals surface area contributed by atoms with Crippen LogP contribution >= 0.6 is 0 Å². The van der Waals surface area contributed by atoms with E-state index in [4.69, 9.17) is 5.73 Å². The lowest BCUT2D eigenvalue weighted by molar-refractivity contribution is 0.0488. The Labute approximate surface area is 101 Å². The van der Waals surface area contributed by atoms with Crippen LogP contribution in [0.1, 0.15) is 36.7 Å². The van der Waals surface area contributed by atoms with Crippen LogP contribution in [0.2, 0.25) is 0 Å². The molecular weight excluding hydrogens is 218 g/mol. The Balaban J connectivity index is 2.21. The summed E-state index contributed by atoms with van der Waals surface area (Å²) in [5, 5.41) is 7.67. The quantitative estimate of drug-likeness (QED) is 0.794. The van der Waals surface area contributed by atoms with Crippen LogP contribution in [0.3, 0.4) is 0 Å². The third kappa shape index (κ3) is 2.31. The molecule has 2 atom stereocenters. The number of hydrogen-bond acceptors (Lipinski definition) is 4. The van der Waals surface area contributed by atoms with Crippen molar-refractivity contribution >= 4 is 5.91 Å². The average molecular weight is 237 g/mol. The number of aryl methyl sites for hydroxylation is 1. The molecule has 2 N–H and O–H groups in total. The van der Waals surface area contributed by atoms with E-state index in [0.717, 1.165) is 19.3 Å². The third-order valence-corrected chi connectivity index (χ3v) is 3.36. The number of aromatic nitrogens is 3. The fourth-order valence-corrected chi connectivity index (χ4v) is 2.46. The molecule has 0 radical (unpaired) electrons. The topological polar surface area (TPSA) is 77.0 Å². The van der Waals surface area contributed by atoms with E-state index in [0.29, 0.717) is 12.2 Å². The van der Waals surface area contributed by atoms with Crippen molar-refractivity contribution in [3.63, 3.8) is 0 Å². The van der Waals surface area contributed by atoms with Gasteiger partial charge in [0.15, 0.2) is 5.69 Å². The van der Waals surface area contributed by atoms with E-state index in [2.05, 4.69) is 17.2 Å². The fourth-order valence-electron chi connectivity index (χ4n) is 2.46. The molecule has 0 bridgehead atoms. The second-order valence-electron chi connectivity index (χ2n) is 4.66. The molecule has 1 aromatic heterocycles. The standard InChI is InChI=1S/C11H19N5O/c1-8-4-3-5-9(6-12)16(8)11(17)10-7-15(2)14-13-10/h7-9H,3-6,12H2,1-2H3. The predicted octanol–water partition coefficient (Wildman–Crippen LogP) is 0.157. The lowest BCUT2D eigenvalue weighted by atomic mass is 9.96. The van der Waals surface area contributed by atoms with Crippen molar-refractivity contribution < 1.29 is 4.79 Å². The molecule has 2 heterocycles. The van der Waals surface area contributed by atoms with E-state index in [9.17, 15) is 4.79 Å². The minimum absolute atomic E-state index is 0.0549. The van der Waals surface area contributed by atoms with Gasteiger partial charge in [0.2, 0.25) is 0 Å². The minimum atomic E-state index is -0.0549. The molecule has 1 amide bonds. The van der Waals surface area contributed by atoms with Gasteiger partial charge >= 0.3 is 0 Å². The van der Waals surface area contributed by atoms with Gasteiger partial charge in [0.05, 0.1) is 6.20 Å². The molecule has 6 nitrogen and oxygen atoms in total. The summed E-state index contributed by atoms with van der Waals surface area (Å²) >= 11 is 0. The average Bonchev–Trinajstić information content (AvgIpc) is 2.74. The highest BCUT2D eigenvalue weighted by Gasteiger charge is 2.32. The first-order valence-corrected chi connectivity index (χ1v) is 6.02. The van der Waals surface area contributed by atoms with Gasteiger partial charge in [-0.1, -0.05) is 5.21 Å². The van der Waals surface area contributed by atoms with Crippen molar-refractivity contribution in [2.24, 2.45) is 12.8 Å². The molecule has 1 saturated heterocycles. The molecule has 0 saturated carbocycles. The van der Waals surface area contributed by atoms with Crippen LogP contribution in [0.4, 0.5) is 0 Å². The highest BCUT2D eigenvalue weighted by atomic mass is 16.2. The van der Waals surface area contributed by atoms with Gasteiger partial charge in [-0.15, -0.1) is 5.10 Å². The van der Waals surface area contributed by atoms with E-state index in [1.54, 1.807) is 17.9 Å². The molecule has 6 heteroatoms. The van der Waals surface area contributed by atoms with Gasteiger partial charge in [0.25, 0.3) is 5.91 Å². The lowest BCUT2D eigenvalue weighted by Gasteiger charge is -2.39.